The SMILES string of the molecule is CCOc1cc(C=Nn2c([C@@H](C)CC)nc3ccc(Br)cc3c2=O)cc(Cl)c1OCc1ccc(Cl)cc1Cl. The number of nitrogens with zero attached hydrogens (tertiary/aromatic N) is 3. The van der Waals surface area contributed by atoms with Crippen LogP contribution in [0.15, 0.2) is 62.9 Å². The van der Waals surface area contributed by atoms with Crippen LogP contribution in [-0.2, 0) is 6.61 Å². The molecule has 0 amide bonds. The normalized spacial score (nSPS) is 12.3. The van der Waals surface area contributed by atoms with Gasteiger partial charge in [-0.25, -0.2) is 4.98 Å². The first kappa shape index (κ1) is 28.4. The van der Waals surface area contributed by atoms with Crippen molar-refractivity contribution < 1.29 is 9.47 Å². The van der Waals surface area contributed by atoms with Gasteiger partial charge < -0.3 is 9.47 Å². The fourth-order valence-corrected chi connectivity index (χ4v) is 4.86. The first-order valence-electron chi connectivity index (χ1n) is 12.0. The highest BCUT2D eigenvalue weighted by Crippen LogP contribution is 2.37. The molecular weight excluding hydrogens is 613 g/mol. The molecule has 1 heterocycles. The fraction of sp³-hybridized carbons (Fsp3) is 0.250. The second kappa shape index (κ2) is 12.5. The Balaban J connectivity index is 1.71. The third-order valence-corrected chi connectivity index (χ3v) is 7.29. The second-order valence-corrected chi connectivity index (χ2v) is 10.8. The predicted octanol–water partition coefficient (Wildman–Crippen LogP) is 8.49. The van der Waals surface area contributed by atoms with E-state index in [4.69, 9.17) is 49.3 Å². The summed E-state index contributed by atoms with van der Waals surface area (Å²) in [5.74, 6) is 1.43. The summed E-state index contributed by atoms with van der Waals surface area (Å²) >= 11 is 22.3. The molecule has 38 heavy (non-hydrogen) atoms. The van der Waals surface area contributed by atoms with Crippen LogP contribution in [0.25, 0.3) is 10.9 Å². The van der Waals surface area contributed by atoms with Gasteiger partial charge in [-0.2, -0.15) is 9.78 Å². The summed E-state index contributed by atoms with van der Waals surface area (Å²) in [5.41, 5.74) is 1.77. The maximum Gasteiger partial charge on any atom is 0.282 e. The van der Waals surface area contributed by atoms with E-state index in [0.717, 1.165) is 16.5 Å². The van der Waals surface area contributed by atoms with Gasteiger partial charge in [-0.3, -0.25) is 4.79 Å². The monoisotopic (exact) mass is 635 g/mol. The van der Waals surface area contributed by atoms with Crippen LogP contribution in [0.3, 0.4) is 0 Å². The van der Waals surface area contributed by atoms with Gasteiger partial charge in [0.2, 0.25) is 0 Å². The van der Waals surface area contributed by atoms with Crippen molar-refractivity contribution in [2.24, 2.45) is 5.10 Å². The number of rotatable bonds is 9. The van der Waals surface area contributed by atoms with Crippen molar-refractivity contribution in [1.82, 2.24) is 9.66 Å². The average molecular weight is 638 g/mol. The molecule has 0 aliphatic heterocycles. The van der Waals surface area contributed by atoms with Gasteiger partial charge in [0.05, 0.1) is 28.7 Å². The molecule has 0 aliphatic rings. The number of aromatic nitrogens is 2. The zero-order valence-corrected chi connectivity index (χ0v) is 24.8. The molecule has 4 rings (SSSR count). The van der Waals surface area contributed by atoms with Crippen molar-refractivity contribution in [3.63, 3.8) is 0 Å². The van der Waals surface area contributed by atoms with Gasteiger partial charge in [0, 0.05) is 26.0 Å². The molecule has 0 radical (unpaired) electrons. The van der Waals surface area contributed by atoms with Gasteiger partial charge in [-0.05, 0) is 61.4 Å². The van der Waals surface area contributed by atoms with Gasteiger partial charge in [0.15, 0.2) is 11.5 Å². The molecule has 1 atom stereocenters. The lowest BCUT2D eigenvalue weighted by Crippen LogP contribution is -2.23. The standard InChI is InChI=1S/C28H25BrCl3N3O3/c1-4-16(3)27-34-24-9-7-19(29)12-21(24)28(36)35(27)33-14-17-10-23(32)26(25(11-17)37-5-2)38-15-18-6-8-20(30)13-22(18)31/h6-14,16H,4-5,15H2,1-3H3/t16-/m0/s1. The molecule has 0 bridgehead atoms. The van der Waals surface area contributed by atoms with E-state index in [0.29, 0.717) is 55.5 Å². The van der Waals surface area contributed by atoms with E-state index >= 15 is 0 Å². The Hall–Kier alpha value is -2.58. The van der Waals surface area contributed by atoms with E-state index in [1.807, 2.05) is 32.9 Å². The van der Waals surface area contributed by atoms with E-state index in [-0.39, 0.29) is 18.1 Å². The number of hydrogen-bond donors (Lipinski definition) is 0. The van der Waals surface area contributed by atoms with E-state index in [2.05, 4.69) is 21.0 Å². The summed E-state index contributed by atoms with van der Waals surface area (Å²) in [6.45, 7) is 6.50. The third kappa shape index (κ3) is 6.34. The summed E-state index contributed by atoms with van der Waals surface area (Å²) in [5, 5.41) is 6.37. The molecule has 4 aromatic rings. The molecule has 1 aromatic heterocycles. The summed E-state index contributed by atoms with van der Waals surface area (Å²) in [6, 6.07) is 14.1. The first-order valence-corrected chi connectivity index (χ1v) is 13.9. The minimum absolute atomic E-state index is 0.0194. The molecule has 0 aliphatic carbocycles. The Labute approximate surface area is 244 Å². The minimum Gasteiger partial charge on any atom is -0.490 e. The van der Waals surface area contributed by atoms with Crippen LogP contribution < -0.4 is 15.0 Å². The van der Waals surface area contributed by atoms with Crippen LogP contribution in [0.1, 0.15) is 50.1 Å². The fourth-order valence-electron chi connectivity index (χ4n) is 3.76. The lowest BCUT2D eigenvalue weighted by molar-refractivity contribution is 0.269. The molecule has 198 valence electrons. The van der Waals surface area contributed by atoms with Gasteiger partial charge >= 0.3 is 0 Å². The highest BCUT2D eigenvalue weighted by atomic mass is 79.9. The Kier molecular flexibility index (Phi) is 9.36. The van der Waals surface area contributed by atoms with Crippen molar-refractivity contribution in [2.75, 3.05) is 6.61 Å². The van der Waals surface area contributed by atoms with Crippen molar-refractivity contribution in [3.8, 4) is 11.5 Å². The number of hydrogen-bond acceptors (Lipinski definition) is 5. The number of benzene rings is 3. The Morgan fingerprint density at radius 1 is 1.05 bits per heavy atom. The maximum absolute atomic E-state index is 13.4. The van der Waals surface area contributed by atoms with Crippen molar-refractivity contribution in [2.45, 2.75) is 39.7 Å². The van der Waals surface area contributed by atoms with Crippen LogP contribution in [0.2, 0.25) is 15.1 Å². The molecule has 0 spiro atoms. The van der Waals surface area contributed by atoms with Crippen molar-refractivity contribution in [3.05, 3.63) is 95.4 Å². The van der Waals surface area contributed by atoms with Gasteiger partial charge in [0.1, 0.15) is 12.4 Å². The minimum atomic E-state index is -0.251. The summed E-state index contributed by atoms with van der Waals surface area (Å²) in [6.07, 6.45) is 2.36. The number of fused-ring (bicyclic) bond motifs is 1. The molecule has 0 unspecified atom stereocenters. The molecule has 0 saturated heterocycles. The van der Waals surface area contributed by atoms with Crippen molar-refractivity contribution >= 4 is 67.9 Å². The smallest absolute Gasteiger partial charge is 0.282 e. The molecular formula is C28H25BrCl3N3O3. The molecule has 0 saturated carbocycles. The first-order chi connectivity index (χ1) is 18.2. The zero-order chi connectivity index (χ0) is 27.4. The quantitative estimate of drug-likeness (QED) is 0.173. The number of halogens is 4. The highest BCUT2D eigenvalue weighted by Gasteiger charge is 2.17. The predicted molar refractivity (Wildman–Crippen MR) is 159 cm³/mol. The topological polar surface area (TPSA) is 65.7 Å². The van der Waals surface area contributed by atoms with Crippen molar-refractivity contribution in [1.29, 1.82) is 0 Å². The van der Waals surface area contributed by atoms with E-state index in [1.165, 1.54) is 4.68 Å². The molecule has 3 aromatic carbocycles. The highest BCUT2D eigenvalue weighted by molar-refractivity contribution is 9.10. The lowest BCUT2D eigenvalue weighted by atomic mass is 10.1. The Bertz CT molecular complexity index is 1570. The second-order valence-electron chi connectivity index (χ2n) is 8.59. The van der Waals surface area contributed by atoms with Gasteiger partial charge in [-0.15, -0.1) is 0 Å². The molecule has 0 fully saturated rings. The summed E-state index contributed by atoms with van der Waals surface area (Å²) in [4.78, 5) is 18.1. The zero-order valence-electron chi connectivity index (χ0n) is 21.0. The van der Waals surface area contributed by atoms with E-state index < -0.39 is 0 Å². The average Bonchev–Trinajstić information content (AvgIpc) is 2.88. The molecule has 10 heteroatoms. The lowest BCUT2D eigenvalue weighted by Gasteiger charge is -2.16. The van der Waals surface area contributed by atoms with Crippen LogP contribution in [0.4, 0.5) is 0 Å². The largest absolute Gasteiger partial charge is 0.490 e. The van der Waals surface area contributed by atoms with Gasteiger partial charge in [-0.1, -0.05) is 70.6 Å². The van der Waals surface area contributed by atoms with Crippen LogP contribution in [0, 0.1) is 0 Å². The van der Waals surface area contributed by atoms with Crippen LogP contribution >= 0.6 is 50.7 Å². The van der Waals surface area contributed by atoms with E-state index in [1.54, 1.807) is 42.6 Å². The van der Waals surface area contributed by atoms with Gasteiger partial charge in [0.25, 0.3) is 5.56 Å². The summed E-state index contributed by atoms with van der Waals surface area (Å²) in [7, 11) is 0. The summed E-state index contributed by atoms with van der Waals surface area (Å²) < 4.78 is 13.9. The van der Waals surface area contributed by atoms with E-state index in [9.17, 15) is 4.79 Å². The van der Waals surface area contributed by atoms with Crippen LogP contribution in [-0.4, -0.2) is 22.5 Å². The Morgan fingerprint density at radius 3 is 2.55 bits per heavy atom. The van der Waals surface area contributed by atoms with Crippen LogP contribution in [0.5, 0.6) is 11.5 Å². The Morgan fingerprint density at radius 2 is 1.84 bits per heavy atom. The molecule has 6 nitrogen and oxygen atoms in total. The third-order valence-electron chi connectivity index (χ3n) is 5.93. The molecule has 0 N–H and O–H groups in total. The maximum atomic E-state index is 13.4. The number of ether oxygens (including phenoxy) is 2.